The second-order valence-corrected chi connectivity index (χ2v) is 7.26. The number of aromatic nitrogens is 4. The number of anilines is 1. The number of thioether (sulfide) groups is 1. The number of fused-ring (bicyclic) bond motifs is 1. The number of benzene rings is 1. The fourth-order valence-corrected chi connectivity index (χ4v) is 3.66. The van der Waals surface area contributed by atoms with Crippen molar-refractivity contribution in [2.24, 2.45) is 0 Å². The van der Waals surface area contributed by atoms with Gasteiger partial charge in [0.05, 0.1) is 11.0 Å². The lowest BCUT2D eigenvalue weighted by Gasteiger charge is -2.11. The lowest BCUT2D eigenvalue weighted by molar-refractivity contribution is -0.116. The average molecular weight is 384 g/mol. The third kappa shape index (κ3) is 4.30. The molecule has 2 aromatic heterocycles. The van der Waals surface area contributed by atoms with Crippen LogP contribution in [0.25, 0.3) is 11.0 Å². The molecule has 1 aromatic carbocycles. The Morgan fingerprint density at radius 3 is 2.52 bits per heavy atom. The van der Waals surface area contributed by atoms with E-state index in [0.717, 1.165) is 46.1 Å². The molecule has 27 heavy (non-hydrogen) atoms. The highest BCUT2D eigenvalue weighted by Crippen LogP contribution is 2.21. The van der Waals surface area contributed by atoms with Crippen LogP contribution in [0.15, 0.2) is 29.4 Å². The van der Waals surface area contributed by atoms with Crippen molar-refractivity contribution in [1.29, 1.82) is 0 Å². The van der Waals surface area contributed by atoms with Gasteiger partial charge in [-0.25, -0.2) is 15.0 Å². The largest absolute Gasteiger partial charge is 0.310 e. The van der Waals surface area contributed by atoms with Crippen LogP contribution in [0, 0.1) is 13.8 Å². The number of hydrogen-bond donors (Lipinski definition) is 1. The van der Waals surface area contributed by atoms with E-state index in [9.17, 15) is 4.79 Å². The molecule has 7 heteroatoms. The summed E-state index contributed by atoms with van der Waals surface area (Å²) in [6.07, 6.45) is 3.93. The molecule has 0 unspecified atom stereocenters. The Morgan fingerprint density at radius 1 is 1.15 bits per heavy atom. The van der Waals surface area contributed by atoms with Crippen molar-refractivity contribution in [1.82, 2.24) is 19.5 Å². The van der Waals surface area contributed by atoms with Crippen molar-refractivity contribution in [3.63, 3.8) is 0 Å². The topological polar surface area (TPSA) is 72.7 Å². The summed E-state index contributed by atoms with van der Waals surface area (Å²) in [4.78, 5) is 26.1. The van der Waals surface area contributed by atoms with E-state index in [2.05, 4.69) is 31.8 Å². The van der Waals surface area contributed by atoms with Crippen LogP contribution in [0.3, 0.4) is 0 Å². The number of amides is 1. The summed E-state index contributed by atoms with van der Waals surface area (Å²) in [6, 6.07) is 7.95. The molecule has 142 valence electrons. The van der Waals surface area contributed by atoms with E-state index in [1.54, 1.807) is 0 Å². The maximum absolute atomic E-state index is 12.6. The smallest absolute Gasteiger partial charge is 0.227 e. The van der Waals surface area contributed by atoms with Crippen LogP contribution in [-0.2, 0) is 17.8 Å². The molecular formula is C20H25N5OS. The van der Waals surface area contributed by atoms with E-state index < -0.39 is 0 Å². The Bertz CT molecular complexity index is 943. The van der Waals surface area contributed by atoms with Gasteiger partial charge in [-0.05, 0) is 50.6 Å². The molecule has 0 fully saturated rings. The monoisotopic (exact) mass is 383 g/mol. The number of imidazole rings is 1. The number of carbonyl (C=O) groups excluding carboxylic acids is 1. The van der Waals surface area contributed by atoms with Gasteiger partial charge in [0.1, 0.15) is 0 Å². The zero-order chi connectivity index (χ0) is 19.4. The van der Waals surface area contributed by atoms with E-state index >= 15 is 0 Å². The normalized spacial score (nSPS) is 11.1. The third-order valence-electron chi connectivity index (χ3n) is 4.54. The van der Waals surface area contributed by atoms with E-state index in [0.29, 0.717) is 18.8 Å². The van der Waals surface area contributed by atoms with Crippen LogP contribution >= 0.6 is 11.8 Å². The first-order valence-corrected chi connectivity index (χ1v) is 10.4. The number of carbonyl (C=O) groups is 1. The van der Waals surface area contributed by atoms with Crippen molar-refractivity contribution in [3.8, 4) is 0 Å². The van der Waals surface area contributed by atoms with Crippen molar-refractivity contribution >= 4 is 34.7 Å². The van der Waals surface area contributed by atoms with E-state index in [1.807, 2.05) is 44.4 Å². The highest BCUT2D eigenvalue weighted by atomic mass is 32.2. The molecule has 0 aliphatic rings. The summed E-state index contributed by atoms with van der Waals surface area (Å²) in [5, 5.41) is 3.75. The van der Waals surface area contributed by atoms with Gasteiger partial charge in [-0.3, -0.25) is 10.1 Å². The molecule has 2 heterocycles. The minimum Gasteiger partial charge on any atom is -0.310 e. The molecule has 0 bridgehead atoms. The maximum Gasteiger partial charge on any atom is 0.227 e. The highest BCUT2D eigenvalue weighted by Gasteiger charge is 2.14. The molecule has 6 nitrogen and oxygen atoms in total. The lowest BCUT2D eigenvalue weighted by Crippen LogP contribution is -2.17. The minimum absolute atomic E-state index is 0.0459. The number of para-hydroxylation sites is 2. The van der Waals surface area contributed by atoms with Crippen molar-refractivity contribution in [2.45, 2.75) is 51.7 Å². The van der Waals surface area contributed by atoms with Crippen LogP contribution in [-0.4, -0.2) is 31.7 Å². The first kappa shape index (κ1) is 19.4. The number of nitrogens with zero attached hydrogens (tertiary/aromatic N) is 4. The summed E-state index contributed by atoms with van der Waals surface area (Å²) in [5.41, 5.74) is 4.87. The zero-order valence-electron chi connectivity index (χ0n) is 16.2. The molecule has 0 saturated carbocycles. The molecule has 3 aromatic rings. The fraction of sp³-hybridized carbons (Fsp3) is 0.400. The van der Waals surface area contributed by atoms with Crippen molar-refractivity contribution in [3.05, 3.63) is 41.2 Å². The summed E-state index contributed by atoms with van der Waals surface area (Å²) >= 11 is 1.53. The standard InChI is InChI=1S/C20H25N5OS/c1-5-12-25-17-9-7-6-8-16(17)23-19(25)24-18(26)11-10-15-13(2)21-20(27-4)22-14(15)3/h6-9H,5,10-12H2,1-4H3,(H,23,24,26). The Morgan fingerprint density at radius 2 is 1.85 bits per heavy atom. The van der Waals surface area contributed by atoms with Gasteiger partial charge in [0.2, 0.25) is 11.9 Å². The lowest BCUT2D eigenvalue weighted by atomic mass is 10.1. The molecule has 0 aliphatic carbocycles. The SMILES string of the molecule is CCCn1c(NC(=O)CCc2c(C)nc(SC)nc2C)nc2ccccc21. The van der Waals surface area contributed by atoms with Crippen molar-refractivity contribution in [2.75, 3.05) is 11.6 Å². The Kier molecular flexibility index (Phi) is 6.11. The minimum atomic E-state index is -0.0459. The summed E-state index contributed by atoms with van der Waals surface area (Å²) in [6.45, 7) is 6.88. The average Bonchev–Trinajstić information content (AvgIpc) is 2.98. The van der Waals surface area contributed by atoms with Crippen LogP contribution in [0.2, 0.25) is 0 Å². The first-order valence-electron chi connectivity index (χ1n) is 9.16. The Balaban J connectivity index is 1.73. The summed E-state index contributed by atoms with van der Waals surface area (Å²) < 4.78 is 2.07. The molecule has 0 atom stereocenters. The molecule has 3 rings (SSSR count). The van der Waals surface area contributed by atoms with Gasteiger partial charge in [-0.2, -0.15) is 0 Å². The quantitative estimate of drug-likeness (QED) is 0.490. The first-order chi connectivity index (χ1) is 13.0. The summed E-state index contributed by atoms with van der Waals surface area (Å²) in [7, 11) is 0. The summed E-state index contributed by atoms with van der Waals surface area (Å²) in [5.74, 6) is 0.570. The fourth-order valence-electron chi connectivity index (χ4n) is 3.21. The van der Waals surface area contributed by atoms with Gasteiger partial charge < -0.3 is 4.57 Å². The third-order valence-corrected chi connectivity index (χ3v) is 5.09. The molecule has 1 amide bonds. The van der Waals surface area contributed by atoms with Crippen LogP contribution in [0.5, 0.6) is 0 Å². The molecule has 1 N–H and O–H groups in total. The van der Waals surface area contributed by atoms with Crippen LogP contribution in [0.1, 0.15) is 36.7 Å². The van der Waals surface area contributed by atoms with Gasteiger partial charge in [-0.15, -0.1) is 0 Å². The van der Waals surface area contributed by atoms with Crippen LogP contribution in [0.4, 0.5) is 5.95 Å². The van der Waals surface area contributed by atoms with Crippen molar-refractivity contribution < 1.29 is 4.79 Å². The highest BCUT2D eigenvalue weighted by molar-refractivity contribution is 7.98. The number of hydrogen-bond acceptors (Lipinski definition) is 5. The molecule has 0 spiro atoms. The molecular weight excluding hydrogens is 358 g/mol. The predicted octanol–water partition coefficient (Wildman–Crippen LogP) is 4.15. The van der Waals surface area contributed by atoms with Gasteiger partial charge in [0, 0.05) is 24.4 Å². The van der Waals surface area contributed by atoms with E-state index in [4.69, 9.17) is 0 Å². The predicted molar refractivity (Wildman–Crippen MR) is 110 cm³/mol. The van der Waals surface area contributed by atoms with Gasteiger partial charge >= 0.3 is 0 Å². The van der Waals surface area contributed by atoms with Gasteiger partial charge in [0.25, 0.3) is 0 Å². The Labute approximate surface area is 163 Å². The molecule has 0 aliphatic heterocycles. The second-order valence-electron chi connectivity index (χ2n) is 6.48. The molecule has 0 radical (unpaired) electrons. The van der Waals surface area contributed by atoms with Gasteiger partial charge in [0.15, 0.2) is 5.16 Å². The van der Waals surface area contributed by atoms with Crippen LogP contribution < -0.4 is 5.32 Å². The number of aryl methyl sites for hydroxylation is 3. The van der Waals surface area contributed by atoms with E-state index in [-0.39, 0.29) is 5.91 Å². The van der Waals surface area contributed by atoms with E-state index in [1.165, 1.54) is 11.8 Å². The number of rotatable bonds is 7. The molecule has 0 saturated heterocycles. The maximum atomic E-state index is 12.6. The van der Waals surface area contributed by atoms with Gasteiger partial charge in [-0.1, -0.05) is 30.8 Å². The zero-order valence-corrected chi connectivity index (χ0v) is 17.1. The number of nitrogens with one attached hydrogen (secondary N) is 1. The Hall–Kier alpha value is -2.41. The second kappa shape index (κ2) is 8.52.